The summed E-state index contributed by atoms with van der Waals surface area (Å²) in [6.45, 7) is 0. The van der Waals surface area contributed by atoms with E-state index in [4.69, 9.17) is 22.4 Å². The van der Waals surface area contributed by atoms with Crippen LogP contribution in [-0.2, 0) is 11.2 Å². The maximum absolute atomic E-state index is 13.2. The Labute approximate surface area is 101 Å². The summed E-state index contributed by atoms with van der Waals surface area (Å²) in [6.07, 6.45) is 1.76. The van der Waals surface area contributed by atoms with Crippen LogP contribution in [0.3, 0.4) is 0 Å². The topological polar surface area (TPSA) is 79.1 Å². The van der Waals surface area contributed by atoms with E-state index in [1.807, 2.05) is 0 Å². The number of hydrogen-bond donors (Lipinski definition) is 3. The van der Waals surface area contributed by atoms with Crippen molar-refractivity contribution < 1.29 is 14.3 Å². The van der Waals surface area contributed by atoms with Crippen LogP contribution in [0.4, 0.5) is 4.39 Å². The Balaban J connectivity index is 2.44. The zero-order valence-electron chi connectivity index (χ0n) is 8.71. The van der Waals surface area contributed by atoms with Gasteiger partial charge < -0.3 is 15.8 Å². The largest absolute Gasteiger partial charge is 0.480 e. The molecule has 1 heterocycles. The molecule has 6 heteroatoms. The molecule has 0 aliphatic rings. The molecule has 1 aromatic heterocycles. The summed E-state index contributed by atoms with van der Waals surface area (Å²) in [4.78, 5) is 13.5. The van der Waals surface area contributed by atoms with E-state index < -0.39 is 17.8 Å². The lowest BCUT2D eigenvalue weighted by Crippen LogP contribution is -2.32. The number of H-pyrrole nitrogens is 1. The van der Waals surface area contributed by atoms with Crippen molar-refractivity contribution in [3.63, 3.8) is 0 Å². The average Bonchev–Trinajstić information content (AvgIpc) is 2.67. The Morgan fingerprint density at radius 2 is 2.29 bits per heavy atom. The minimum atomic E-state index is -1.08. The van der Waals surface area contributed by atoms with Gasteiger partial charge in [-0.05, 0) is 17.7 Å². The van der Waals surface area contributed by atoms with Gasteiger partial charge >= 0.3 is 5.97 Å². The fourth-order valence-corrected chi connectivity index (χ4v) is 1.91. The Morgan fingerprint density at radius 3 is 2.94 bits per heavy atom. The van der Waals surface area contributed by atoms with Crippen molar-refractivity contribution in [3.8, 4) is 0 Å². The highest BCUT2D eigenvalue weighted by Gasteiger charge is 2.16. The molecular weight excluding hydrogens is 247 g/mol. The molecular formula is C11H10ClFN2O2. The third-order valence-electron chi connectivity index (χ3n) is 2.59. The maximum Gasteiger partial charge on any atom is 0.320 e. The molecule has 0 aliphatic carbocycles. The fraction of sp³-hybridized carbons (Fsp3) is 0.182. The molecule has 0 saturated carbocycles. The van der Waals surface area contributed by atoms with Gasteiger partial charge in [-0.25, -0.2) is 4.39 Å². The van der Waals surface area contributed by atoms with Gasteiger partial charge in [-0.3, -0.25) is 4.79 Å². The molecule has 90 valence electrons. The van der Waals surface area contributed by atoms with Crippen molar-refractivity contribution in [2.24, 2.45) is 5.73 Å². The number of aliphatic carboxylic acids is 1. The van der Waals surface area contributed by atoms with Crippen molar-refractivity contribution in [1.82, 2.24) is 4.98 Å². The van der Waals surface area contributed by atoms with Crippen molar-refractivity contribution in [3.05, 3.63) is 34.7 Å². The lowest BCUT2D eigenvalue weighted by molar-refractivity contribution is -0.138. The van der Waals surface area contributed by atoms with E-state index in [9.17, 15) is 9.18 Å². The maximum atomic E-state index is 13.2. The molecule has 0 bridgehead atoms. The fourth-order valence-electron chi connectivity index (χ4n) is 1.69. The predicted octanol–water partition coefficient (Wildman–Crippen LogP) is 1.91. The second-order valence-electron chi connectivity index (χ2n) is 3.75. The van der Waals surface area contributed by atoms with Crippen LogP contribution in [0.5, 0.6) is 0 Å². The smallest absolute Gasteiger partial charge is 0.320 e. The summed E-state index contributed by atoms with van der Waals surface area (Å²) < 4.78 is 13.2. The van der Waals surface area contributed by atoms with Crippen LogP contribution in [0, 0.1) is 5.82 Å². The molecule has 0 amide bonds. The molecule has 4 nitrogen and oxygen atoms in total. The number of hydrogen-bond acceptors (Lipinski definition) is 2. The van der Waals surface area contributed by atoms with E-state index in [1.165, 1.54) is 6.07 Å². The summed E-state index contributed by atoms with van der Waals surface area (Å²) in [7, 11) is 0. The Bertz CT molecular complexity index is 582. The molecule has 0 aliphatic heterocycles. The summed E-state index contributed by atoms with van der Waals surface area (Å²) in [5.41, 5.74) is 6.61. The normalized spacial score (nSPS) is 12.9. The molecule has 2 aromatic rings. The number of carboxylic acid groups (broad SMARTS) is 1. The lowest BCUT2D eigenvalue weighted by atomic mass is 10.1. The number of carbonyl (C=O) groups is 1. The molecule has 0 fully saturated rings. The van der Waals surface area contributed by atoms with Crippen LogP contribution >= 0.6 is 11.6 Å². The van der Waals surface area contributed by atoms with Crippen LogP contribution in [0.2, 0.25) is 5.02 Å². The Kier molecular flexibility index (Phi) is 3.04. The standard InChI is InChI=1S/C11H10ClFN2O2/c12-9-7(13)2-1-6-5(4-15-10(6)9)3-8(14)11(16)17/h1-2,4,8,15H,3,14H2,(H,16,17)/t8-/m0/s1. The average molecular weight is 257 g/mol. The second kappa shape index (κ2) is 4.35. The van der Waals surface area contributed by atoms with E-state index in [1.54, 1.807) is 12.3 Å². The SMILES string of the molecule is N[C@@H](Cc1c[nH]c2c(Cl)c(F)ccc12)C(=O)O. The van der Waals surface area contributed by atoms with Gasteiger partial charge in [0.2, 0.25) is 0 Å². The van der Waals surface area contributed by atoms with E-state index in [-0.39, 0.29) is 11.4 Å². The molecule has 2 rings (SSSR count). The summed E-state index contributed by atoms with van der Waals surface area (Å²) >= 11 is 5.78. The molecule has 4 N–H and O–H groups in total. The van der Waals surface area contributed by atoms with E-state index in [0.717, 1.165) is 0 Å². The molecule has 17 heavy (non-hydrogen) atoms. The number of nitrogens with two attached hydrogens (primary N) is 1. The van der Waals surface area contributed by atoms with Crippen LogP contribution in [0.1, 0.15) is 5.56 Å². The van der Waals surface area contributed by atoms with E-state index >= 15 is 0 Å². The van der Waals surface area contributed by atoms with Gasteiger partial charge in [0.25, 0.3) is 0 Å². The van der Waals surface area contributed by atoms with Crippen molar-refractivity contribution in [1.29, 1.82) is 0 Å². The van der Waals surface area contributed by atoms with Gasteiger partial charge in [0.15, 0.2) is 0 Å². The van der Waals surface area contributed by atoms with Gasteiger partial charge in [-0.1, -0.05) is 11.6 Å². The van der Waals surface area contributed by atoms with Gasteiger partial charge in [-0.15, -0.1) is 0 Å². The highest BCUT2D eigenvalue weighted by molar-refractivity contribution is 6.35. The molecule has 0 unspecified atom stereocenters. The third kappa shape index (κ3) is 2.11. The number of halogens is 2. The summed E-state index contributed by atoms with van der Waals surface area (Å²) in [6, 6.07) is 1.81. The first kappa shape index (κ1) is 11.9. The quantitative estimate of drug-likeness (QED) is 0.785. The number of fused-ring (bicyclic) bond motifs is 1. The van der Waals surface area contributed by atoms with Crippen molar-refractivity contribution >= 4 is 28.5 Å². The lowest BCUT2D eigenvalue weighted by Gasteiger charge is -2.05. The van der Waals surface area contributed by atoms with Crippen LogP contribution in [0.15, 0.2) is 18.3 Å². The highest BCUT2D eigenvalue weighted by atomic mass is 35.5. The number of nitrogens with one attached hydrogen (secondary N) is 1. The van der Waals surface area contributed by atoms with Gasteiger partial charge in [-0.2, -0.15) is 0 Å². The van der Waals surface area contributed by atoms with Crippen LogP contribution < -0.4 is 5.73 Å². The molecule has 1 atom stereocenters. The monoisotopic (exact) mass is 256 g/mol. The van der Waals surface area contributed by atoms with Gasteiger partial charge in [0.05, 0.1) is 5.52 Å². The van der Waals surface area contributed by atoms with E-state index in [0.29, 0.717) is 16.5 Å². The van der Waals surface area contributed by atoms with Crippen molar-refractivity contribution in [2.75, 3.05) is 0 Å². The molecule has 0 radical (unpaired) electrons. The van der Waals surface area contributed by atoms with Gasteiger partial charge in [0, 0.05) is 18.0 Å². The zero-order valence-corrected chi connectivity index (χ0v) is 9.46. The predicted molar refractivity (Wildman–Crippen MR) is 62.6 cm³/mol. The first-order valence-corrected chi connectivity index (χ1v) is 5.31. The number of benzene rings is 1. The molecule has 1 aromatic carbocycles. The Morgan fingerprint density at radius 1 is 1.59 bits per heavy atom. The third-order valence-corrected chi connectivity index (χ3v) is 2.96. The first-order chi connectivity index (χ1) is 8.00. The minimum Gasteiger partial charge on any atom is -0.480 e. The number of rotatable bonds is 3. The summed E-state index contributed by atoms with van der Waals surface area (Å²) in [5.74, 6) is -1.59. The minimum absolute atomic E-state index is 0.00218. The number of carboxylic acids is 1. The molecule has 0 saturated heterocycles. The first-order valence-electron chi connectivity index (χ1n) is 4.93. The Hall–Kier alpha value is -1.59. The van der Waals surface area contributed by atoms with Crippen LogP contribution in [-0.4, -0.2) is 22.1 Å². The second-order valence-corrected chi connectivity index (χ2v) is 4.12. The number of aromatic nitrogens is 1. The van der Waals surface area contributed by atoms with Crippen LogP contribution in [0.25, 0.3) is 10.9 Å². The molecule has 0 spiro atoms. The highest BCUT2D eigenvalue weighted by Crippen LogP contribution is 2.28. The number of aromatic amines is 1. The van der Waals surface area contributed by atoms with Gasteiger partial charge in [0.1, 0.15) is 16.9 Å². The van der Waals surface area contributed by atoms with Crippen molar-refractivity contribution in [2.45, 2.75) is 12.5 Å². The summed E-state index contributed by atoms with van der Waals surface area (Å²) in [5, 5.41) is 9.42. The zero-order chi connectivity index (χ0) is 12.6. The van der Waals surface area contributed by atoms with E-state index in [2.05, 4.69) is 4.98 Å².